The summed E-state index contributed by atoms with van der Waals surface area (Å²) >= 11 is 0. The molecule has 108 valence electrons. The molecule has 0 aliphatic rings. The van der Waals surface area contributed by atoms with Gasteiger partial charge >= 0.3 is 0 Å². The topological polar surface area (TPSA) is 44.1 Å². The monoisotopic (exact) mass is 282 g/mol. The molecular formula is C17H18N2O2. The van der Waals surface area contributed by atoms with Crippen LogP contribution in [-0.2, 0) is 6.54 Å². The molecule has 4 heteroatoms. The van der Waals surface area contributed by atoms with E-state index < -0.39 is 0 Å². The summed E-state index contributed by atoms with van der Waals surface area (Å²) in [7, 11) is 0. The van der Waals surface area contributed by atoms with E-state index in [0.717, 1.165) is 28.9 Å². The van der Waals surface area contributed by atoms with Crippen LogP contribution in [0, 0.1) is 0 Å². The third-order valence-electron chi connectivity index (χ3n) is 2.87. The molecular weight excluding hydrogens is 264 g/mol. The Bertz CT molecular complexity index is 654. The molecule has 0 atom stereocenters. The van der Waals surface area contributed by atoms with Crippen LogP contribution in [0.3, 0.4) is 0 Å². The Morgan fingerprint density at radius 2 is 2.10 bits per heavy atom. The molecule has 1 aromatic carbocycles. The summed E-state index contributed by atoms with van der Waals surface area (Å²) < 4.78 is 7.18. The lowest BCUT2D eigenvalue weighted by Gasteiger charge is -2.06. The summed E-state index contributed by atoms with van der Waals surface area (Å²) in [5.74, 6) is 0.780. The molecule has 0 saturated carbocycles. The van der Waals surface area contributed by atoms with Crippen LogP contribution in [-0.4, -0.2) is 22.7 Å². The predicted molar refractivity (Wildman–Crippen MR) is 83.6 cm³/mol. The number of allylic oxidation sites excluding steroid dienone is 1. The Hall–Kier alpha value is -2.62. The molecule has 0 unspecified atom stereocenters. The molecule has 1 aromatic heterocycles. The number of benzene rings is 1. The molecule has 0 bridgehead atoms. The first-order valence-corrected chi connectivity index (χ1v) is 6.65. The van der Waals surface area contributed by atoms with E-state index in [-0.39, 0.29) is 0 Å². The van der Waals surface area contributed by atoms with Crippen LogP contribution in [0.5, 0.6) is 5.75 Å². The zero-order chi connectivity index (χ0) is 15.2. The zero-order valence-electron chi connectivity index (χ0n) is 12.1. The summed E-state index contributed by atoms with van der Waals surface area (Å²) in [4.78, 5) is 11.0. The average molecular weight is 282 g/mol. The largest absolute Gasteiger partial charge is 0.489 e. The number of hydrogen-bond donors (Lipinski definition) is 0. The second-order valence-electron chi connectivity index (χ2n) is 4.81. The molecule has 0 radical (unpaired) electrons. The summed E-state index contributed by atoms with van der Waals surface area (Å²) in [5.41, 5.74) is 3.19. The van der Waals surface area contributed by atoms with Gasteiger partial charge in [0.1, 0.15) is 18.1 Å². The molecule has 0 saturated heterocycles. The van der Waals surface area contributed by atoms with Crippen molar-refractivity contribution in [3.8, 4) is 17.0 Å². The van der Waals surface area contributed by atoms with Crippen LogP contribution in [0.4, 0.5) is 0 Å². The van der Waals surface area contributed by atoms with Gasteiger partial charge in [-0.1, -0.05) is 12.7 Å². The van der Waals surface area contributed by atoms with Crippen LogP contribution in [0.1, 0.15) is 17.4 Å². The fourth-order valence-electron chi connectivity index (χ4n) is 1.86. The van der Waals surface area contributed by atoms with Crippen LogP contribution < -0.4 is 4.74 Å². The number of aldehydes is 1. The molecule has 1 heterocycles. The van der Waals surface area contributed by atoms with Gasteiger partial charge in [-0.15, -0.1) is 6.58 Å². The van der Waals surface area contributed by atoms with Crippen molar-refractivity contribution in [2.24, 2.45) is 0 Å². The van der Waals surface area contributed by atoms with Crippen molar-refractivity contribution in [3.05, 3.63) is 60.8 Å². The number of ether oxygens (including phenoxy) is 1. The number of carbonyl (C=O) groups excluding carboxylic acids is 1. The van der Waals surface area contributed by atoms with Gasteiger partial charge in [-0.3, -0.25) is 9.48 Å². The van der Waals surface area contributed by atoms with Crippen LogP contribution in [0.2, 0.25) is 0 Å². The number of carbonyl (C=O) groups is 1. The molecule has 2 aromatic rings. The van der Waals surface area contributed by atoms with Gasteiger partial charge in [0.2, 0.25) is 0 Å². The second kappa shape index (κ2) is 6.70. The smallest absolute Gasteiger partial charge is 0.168 e. The third-order valence-corrected chi connectivity index (χ3v) is 2.87. The lowest BCUT2D eigenvalue weighted by molar-refractivity contribution is 0.111. The lowest BCUT2D eigenvalue weighted by atomic mass is 10.1. The minimum Gasteiger partial charge on any atom is -0.489 e. The fraction of sp³-hybridized carbons (Fsp3) is 0.176. The maximum Gasteiger partial charge on any atom is 0.168 e. The molecule has 0 spiro atoms. The van der Waals surface area contributed by atoms with Crippen LogP contribution in [0.25, 0.3) is 11.3 Å². The van der Waals surface area contributed by atoms with E-state index >= 15 is 0 Å². The third kappa shape index (κ3) is 3.69. The minimum atomic E-state index is 0.503. The Balaban J connectivity index is 2.20. The van der Waals surface area contributed by atoms with Crippen molar-refractivity contribution >= 4 is 6.29 Å². The summed E-state index contributed by atoms with van der Waals surface area (Å²) in [6, 6.07) is 9.36. The first-order valence-electron chi connectivity index (χ1n) is 6.65. The SMILES string of the molecule is C=CCn1nc(-c2ccc(OCC(=C)C)cc2)cc1C=O. The average Bonchev–Trinajstić information content (AvgIpc) is 2.89. The van der Waals surface area contributed by atoms with E-state index in [1.54, 1.807) is 16.8 Å². The van der Waals surface area contributed by atoms with Gasteiger partial charge in [0.05, 0.1) is 12.2 Å². The Morgan fingerprint density at radius 1 is 1.38 bits per heavy atom. The van der Waals surface area contributed by atoms with E-state index in [2.05, 4.69) is 18.3 Å². The van der Waals surface area contributed by atoms with E-state index in [4.69, 9.17) is 4.74 Å². The minimum absolute atomic E-state index is 0.503. The van der Waals surface area contributed by atoms with Crippen LogP contribution >= 0.6 is 0 Å². The molecule has 4 nitrogen and oxygen atoms in total. The lowest BCUT2D eigenvalue weighted by Crippen LogP contribution is -2.01. The molecule has 0 amide bonds. The predicted octanol–water partition coefficient (Wildman–Crippen LogP) is 3.50. The van der Waals surface area contributed by atoms with Crippen molar-refractivity contribution < 1.29 is 9.53 Å². The van der Waals surface area contributed by atoms with Crippen molar-refractivity contribution in [2.45, 2.75) is 13.5 Å². The molecule has 21 heavy (non-hydrogen) atoms. The van der Waals surface area contributed by atoms with Gasteiger partial charge in [0.15, 0.2) is 6.29 Å². The maximum atomic E-state index is 11.0. The van der Waals surface area contributed by atoms with E-state index in [0.29, 0.717) is 18.8 Å². The van der Waals surface area contributed by atoms with E-state index in [9.17, 15) is 4.79 Å². The molecule has 0 N–H and O–H groups in total. The highest BCUT2D eigenvalue weighted by Gasteiger charge is 2.08. The summed E-state index contributed by atoms with van der Waals surface area (Å²) in [6.07, 6.45) is 2.50. The molecule has 0 aliphatic carbocycles. The highest BCUT2D eigenvalue weighted by atomic mass is 16.5. The molecule has 2 rings (SSSR count). The van der Waals surface area contributed by atoms with E-state index in [1.807, 2.05) is 31.2 Å². The maximum absolute atomic E-state index is 11.0. The second-order valence-corrected chi connectivity index (χ2v) is 4.81. The van der Waals surface area contributed by atoms with Gasteiger partial charge in [-0.25, -0.2) is 0 Å². The Kier molecular flexibility index (Phi) is 4.72. The number of aromatic nitrogens is 2. The normalized spacial score (nSPS) is 10.1. The summed E-state index contributed by atoms with van der Waals surface area (Å²) in [6.45, 7) is 10.4. The Labute approximate surface area is 124 Å². The van der Waals surface area contributed by atoms with Crippen molar-refractivity contribution in [1.29, 1.82) is 0 Å². The van der Waals surface area contributed by atoms with Gasteiger partial charge in [-0.05, 0) is 42.8 Å². The van der Waals surface area contributed by atoms with Crippen molar-refractivity contribution in [2.75, 3.05) is 6.61 Å². The molecule has 0 fully saturated rings. The zero-order valence-corrected chi connectivity index (χ0v) is 12.1. The van der Waals surface area contributed by atoms with Gasteiger partial charge in [0, 0.05) is 5.56 Å². The number of rotatable bonds is 7. The van der Waals surface area contributed by atoms with Gasteiger partial charge in [-0.2, -0.15) is 5.10 Å². The number of hydrogen-bond acceptors (Lipinski definition) is 3. The summed E-state index contributed by atoms with van der Waals surface area (Å²) in [5, 5.41) is 4.40. The first kappa shape index (κ1) is 14.8. The fourth-order valence-corrected chi connectivity index (χ4v) is 1.86. The standard InChI is InChI=1S/C17H18N2O2/c1-4-9-19-15(11-20)10-17(18-19)14-5-7-16(8-6-14)21-12-13(2)3/h4-8,10-11H,1-2,9,12H2,3H3. The Morgan fingerprint density at radius 3 is 2.67 bits per heavy atom. The molecule has 0 aliphatic heterocycles. The van der Waals surface area contributed by atoms with Gasteiger partial charge in [0.25, 0.3) is 0 Å². The van der Waals surface area contributed by atoms with Crippen molar-refractivity contribution in [3.63, 3.8) is 0 Å². The van der Waals surface area contributed by atoms with Crippen molar-refractivity contribution in [1.82, 2.24) is 9.78 Å². The first-order chi connectivity index (χ1) is 10.1. The quantitative estimate of drug-likeness (QED) is 0.576. The van der Waals surface area contributed by atoms with Crippen LogP contribution in [0.15, 0.2) is 55.1 Å². The number of nitrogens with zero attached hydrogens (tertiary/aromatic N) is 2. The highest BCUT2D eigenvalue weighted by molar-refractivity contribution is 5.76. The van der Waals surface area contributed by atoms with E-state index in [1.165, 1.54) is 0 Å². The highest BCUT2D eigenvalue weighted by Crippen LogP contribution is 2.22. The van der Waals surface area contributed by atoms with Gasteiger partial charge < -0.3 is 4.74 Å².